The van der Waals surface area contributed by atoms with Crippen LogP contribution in [0.15, 0.2) is 42.5 Å². The zero-order valence-corrected chi connectivity index (χ0v) is 10.6. The topological polar surface area (TPSA) is 29.1 Å². The van der Waals surface area contributed by atoms with Gasteiger partial charge >= 0.3 is 0 Å². The van der Waals surface area contributed by atoms with Crippen LogP contribution in [-0.4, -0.2) is 5.91 Å². The van der Waals surface area contributed by atoms with Gasteiger partial charge in [0.1, 0.15) is 5.82 Å². The summed E-state index contributed by atoms with van der Waals surface area (Å²) in [7, 11) is 0. The van der Waals surface area contributed by atoms with Gasteiger partial charge in [-0.3, -0.25) is 4.79 Å². The van der Waals surface area contributed by atoms with Crippen molar-refractivity contribution >= 4 is 34.8 Å². The molecule has 2 nitrogen and oxygen atoms in total. The maximum Gasteiger partial charge on any atom is 0.255 e. The van der Waals surface area contributed by atoms with Gasteiger partial charge in [0.25, 0.3) is 5.91 Å². The van der Waals surface area contributed by atoms with Crippen molar-refractivity contribution < 1.29 is 9.18 Å². The average molecular weight is 284 g/mol. The van der Waals surface area contributed by atoms with Crippen LogP contribution < -0.4 is 5.32 Å². The monoisotopic (exact) mass is 283 g/mol. The molecule has 0 aliphatic carbocycles. The molecule has 1 N–H and O–H groups in total. The van der Waals surface area contributed by atoms with E-state index in [1.807, 2.05) is 0 Å². The fraction of sp³-hybridized carbons (Fsp3) is 0. The van der Waals surface area contributed by atoms with E-state index in [1.165, 1.54) is 12.1 Å². The Morgan fingerprint density at radius 1 is 1.06 bits per heavy atom. The fourth-order valence-corrected chi connectivity index (χ4v) is 1.73. The van der Waals surface area contributed by atoms with Crippen molar-refractivity contribution in [2.24, 2.45) is 0 Å². The first-order chi connectivity index (χ1) is 8.56. The average Bonchev–Trinajstić information content (AvgIpc) is 2.33. The van der Waals surface area contributed by atoms with Crippen LogP contribution in [0.2, 0.25) is 10.0 Å². The Bertz CT molecular complexity index is 584. The predicted octanol–water partition coefficient (Wildman–Crippen LogP) is 4.38. The van der Waals surface area contributed by atoms with Gasteiger partial charge in [0, 0.05) is 10.6 Å². The molecular weight excluding hydrogens is 276 g/mol. The van der Waals surface area contributed by atoms with Crippen molar-refractivity contribution in [2.45, 2.75) is 0 Å². The van der Waals surface area contributed by atoms with Gasteiger partial charge < -0.3 is 5.32 Å². The quantitative estimate of drug-likeness (QED) is 0.870. The molecule has 5 heteroatoms. The first-order valence-electron chi connectivity index (χ1n) is 5.08. The van der Waals surface area contributed by atoms with Gasteiger partial charge in [0.15, 0.2) is 0 Å². The van der Waals surface area contributed by atoms with E-state index in [9.17, 15) is 9.18 Å². The third kappa shape index (κ3) is 3.00. The van der Waals surface area contributed by atoms with Crippen molar-refractivity contribution in [3.05, 3.63) is 63.9 Å². The summed E-state index contributed by atoms with van der Waals surface area (Å²) in [6, 6.07) is 10.2. The highest BCUT2D eigenvalue weighted by atomic mass is 35.5. The van der Waals surface area contributed by atoms with Gasteiger partial charge in [-0.25, -0.2) is 4.39 Å². The molecule has 0 aliphatic rings. The summed E-state index contributed by atoms with van der Waals surface area (Å²) in [5, 5.41) is 3.29. The number of rotatable bonds is 2. The van der Waals surface area contributed by atoms with Crippen molar-refractivity contribution in [3.8, 4) is 0 Å². The standard InChI is InChI=1S/C13H8Cl2FNO/c14-9-3-1-8(2-4-9)13(18)17-12-6-5-10(16)7-11(12)15/h1-7H,(H,17,18). The number of nitrogens with one attached hydrogen (secondary N) is 1. The molecule has 0 radical (unpaired) electrons. The third-order valence-corrected chi connectivity index (χ3v) is 2.85. The van der Waals surface area contributed by atoms with Gasteiger partial charge in [0.05, 0.1) is 10.7 Å². The van der Waals surface area contributed by atoms with Crippen LogP contribution in [0, 0.1) is 5.82 Å². The molecule has 18 heavy (non-hydrogen) atoms. The highest BCUT2D eigenvalue weighted by molar-refractivity contribution is 6.34. The van der Waals surface area contributed by atoms with Crippen LogP contribution in [-0.2, 0) is 0 Å². The summed E-state index contributed by atoms with van der Waals surface area (Å²) in [5.74, 6) is -0.787. The molecule has 0 aromatic heterocycles. The smallest absolute Gasteiger partial charge is 0.255 e. The van der Waals surface area contributed by atoms with Gasteiger partial charge in [-0.15, -0.1) is 0 Å². The second-order valence-corrected chi connectivity index (χ2v) is 4.43. The Labute approximate surface area is 113 Å². The van der Waals surface area contributed by atoms with Crippen LogP contribution in [0.4, 0.5) is 10.1 Å². The Kier molecular flexibility index (Phi) is 3.84. The van der Waals surface area contributed by atoms with Crippen molar-refractivity contribution in [3.63, 3.8) is 0 Å². The lowest BCUT2D eigenvalue weighted by Crippen LogP contribution is -2.12. The minimum Gasteiger partial charge on any atom is -0.321 e. The molecule has 2 aromatic carbocycles. The van der Waals surface area contributed by atoms with Crippen LogP contribution >= 0.6 is 23.2 Å². The van der Waals surface area contributed by atoms with Crippen molar-refractivity contribution in [1.29, 1.82) is 0 Å². The van der Waals surface area contributed by atoms with E-state index >= 15 is 0 Å². The molecule has 0 aliphatic heterocycles. The van der Waals surface area contributed by atoms with Crippen LogP contribution in [0.3, 0.4) is 0 Å². The van der Waals surface area contributed by atoms with Crippen molar-refractivity contribution in [2.75, 3.05) is 5.32 Å². The van der Waals surface area contributed by atoms with Gasteiger partial charge in [-0.1, -0.05) is 23.2 Å². The molecular formula is C13H8Cl2FNO. The Morgan fingerprint density at radius 2 is 1.72 bits per heavy atom. The largest absolute Gasteiger partial charge is 0.321 e. The van der Waals surface area contributed by atoms with E-state index in [4.69, 9.17) is 23.2 Å². The van der Waals surface area contributed by atoms with E-state index in [-0.39, 0.29) is 10.9 Å². The second-order valence-electron chi connectivity index (χ2n) is 3.59. The molecule has 2 rings (SSSR count). The second kappa shape index (κ2) is 5.38. The fourth-order valence-electron chi connectivity index (χ4n) is 1.39. The molecule has 0 atom stereocenters. The maximum absolute atomic E-state index is 12.8. The SMILES string of the molecule is O=C(Nc1ccc(F)cc1Cl)c1ccc(Cl)cc1. The van der Waals surface area contributed by atoms with E-state index in [1.54, 1.807) is 24.3 Å². The molecule has 0 saturated carbocycles. The Morgan fingerprint density at radius 3 is 2.33 bits per heavy atom. The Balaban J connectivity index is 2.18. The van der Waals surface area contributed by atoms with Crippen LogP contribution in [0.25, 0.3) is 0 Å². The van der Waals surface area contributed by atoms with E-state index in [0.717, 1.165) is 6.07 Å². The number of amides is 1. The lowest BCUT2D eigenvalue weighted by Gasteiger charge is -2.07. The number of carbonyl (C=O) groups excluding carboxylic acids is 1. The third-order valence-electron chi connectivity index (χ3n) is 2.29. The van der Waals surface area contributed by atoms with E-state index < -0.39 is 5.82 Å². The molecule has 0 saturated heterocycles. The number of halogens is 3. The summed E-state index contributed by atoms with van der Waals surface area (Å²) < 4.78 is 12.8. The highest BCUT2D eigenvalue weighted by Gasteiger charge is 2.08. The van der Waals surface area contributed by atoms with Crippen LogP contribution in [0.5, 0.6) is 0 Å². The molecule has 92 valence electrons. The number of benzene rings is 2. The minimum atomic E-state index is -0.454. The summed E-state index contributed by atoms with van der Waals surface area (Å²) >= 11 is 11.5. The lowest BCUT2D eigenvalue weighted by atomic mass is 10.2. The number of carbonyl (C=O) groups is 1. The normalized spacial score (nSPS) is 10.2. The maximum atomic E-state index is 12.8. The molecule has 0 fully saturated rings. The molecule has 0 bridgehead atoms. The molecule has 0 heterocycles. The first kappa shape index (κ1) is 12.9. The zero-order valence-electron chi connectivity index (χ0n) is 9.08. The zero-order chi connectivity index (χ0) is 13.1. The summed E-state index contributed by atoms with van der Waals surface area (Å²) in [5.41, 5.74) is 0.804. The Hall–Kier alpha value is -1.58. The summed E-state index contributed by atoms with van der Waals surface area (Å²) in [4.78, 5) is 11.9. The highest BCUT2D eigenvalue weighted by Crippen LogP contribution is 2.23. The molecule has 0 unspecified atom stereocenters. The van der Waals surface area contributed by atoms with E-state index in [2.05, 4.69) is 5.32 Å². The molecule has 0 spiro atoms. The number of hydrogen-bond acceptors (Lipinski definition) is 1. The summed E-state index contributed by atoms with van der Waals surface area (Å²) in [6.07, 6.45) is 0. The molecule has 2 aromatic rings. The van der Waals surface area contributed by atoms with Gasteiger partial charge in [-0.05, 0) is 42.5 Å². The van der Waals surface area contributed by atoms with Crippen molar-refractivity contribution in [1.82, 2.24) is 0 Å². The van der Waals surface area contributed by atoms with Crippen LogP contribution in [0.1, 0.15) is 10.4 Å². The van der Waals surface area contributed by atoms with Gasteiger partial charge in [-0.2, -0.15) is 0 Å². The van der Waals surface area contributed by atoms with Gasteiger partial charge in [0.2, 0.25) is 0 Å². The van der Waals surface area contributed by atoms with E-state index in [0.29, 0.717) is 16.3 Å². The first-order valence-corrected chi connectivity index (χ1v) is 5.84. The number of anilines is 1. The predicted molar refractivity (Wildman–Crippen MR) is 70.8 cm³/mol. The lowest BCUT2D eigenvalue weighted by molar-refractivity contribution is 0.102. The minimum absolute atomic E-state index is 0.150. The summed E-state index contributed by atoms with van der Waals surface area (Å²) in [6.45, 7) is 0. The molecule has 1 amide bonds. The number of hydrogen-bond donors (Lipinski definition) is 1.